The van der Waals surface area contributed by atoms with Gasteiger partial charge in [-0.1, -0.05) is 58.9 Å². The maximum Gasteiger partial charge on any atom is 0.0349 e. The van der Waals surface area contributed by atoms with Crippen molar-refractivity contribution in [1.82, 2.24) is 0 Å². The van der Waals surface area contributed by atoms with Gasteiger partial charge in [0.25, 0.3) is 0 Å². The van der Waals surface area contributed by atoms with Crippen molar-refractivity contribution in [1.29, 1.82) is 0 Å². The molecule has 0 spiro atoms. The lowest BCUT2D eigenvalue weighted by atomic mass is 9.87. The van der Waals surface area contributed by atoms with Gasteiger partial charge in [0.1, 0.15) is 0 Å². The number of rotatable bonds is 4. The lowest BCUT2D eigenvalue weighted by molar-refractivity contribution is 0.843. The van der Waals surface area contributed by atoms with E-state index in [1.807, 2.05) is 12.1 Å². The maximum atomic E-state index is 6.10. The van der Waals surface area contributed by atoms with Crippen LogP contribution in [0.3, 0.4) is 0 Å². The molecule has 2 rings (SSSR count). The van der Waals surface area contributed by atoms with Crippen LogP contribution in [0.1, 0.15) is 74.6 Å². The zero-order chi connectivity index (χ0) is 16.4. The molecule has 0 saturated carbocycles. The van der Waals surface area contributed by atoms with Crippen molar-refractivity contribution in [2.45, 2.75) is 52.4 Å². The number of benzene rings is 2. The summed E-state index contributed by atoms with van der Waals surface area (Å²) in [6, 6.07) is 12.8. The molecule has 22 heavy (non-hydrogen) atoms. The van der Waals surface area contributed by atoms with Gasteiger partial charge < -0.3 is 11.5 Å². The summed E-state index contributed by atoms with van der Waals surface area (Å²) in [7, 11) is 0. The Morgan fingerprint density at radius 2 is 1.00 bits per heavy atom. The monoisotopic (exact) mass is 296 g/mol. The number of anilines is 2. The van der Waals surface area contributed by atoms with E-state index in [2.05, 4.69) is 58.9 Å². The van der Waals surface area contributed by atoms with Crippen molar-refractivity contribution in [3.05, 3.63) is 58.7 Å². The molecule has 0 bridgehead atoms. The third-order valence-electron chi connectivity index (χ3n) is 4.47. The van der Waals surface area contributed by atoms with Crippen molar-refractivity contribution in [3.63, 3.8) is 0 Å². The van der Waals surface area contributed by atoms with Gasteiger partial charge in [-0.25, -0.2) is 0 Å². The number of hydrogen-bond donors (Lipinski definition) is 2. The molecule has 0 heterocycles. The Morgan fingerprint density at radius 1 is 0.636 bits per heavy atom. The van der Waals surface area contributed by atoms with E-state index in [1.165, 1.54) is 22.3 Å². The fraction of sp³-hybridized carbons (Fsp3) is 0.400. The molecule has 0 amide bonds. The highest BCUT2D eigenvalue weighted by Gasteiger charge is 2.14. The predicted octanol–water partition coefficient (Wildman–Crippen LogP) is 5.25. The summed E-state index contributed by atoms with van der Waals surface area (Å²) < 4.78 is 0. The van der Waals surface area contributed by atoms with Gasteiger partial charge in [-0.05, 0) is 46.2 Å². The van der Waals surface area contributed by atoms with Gasteiger partial charge in [0.05, 0.1) is 0 Å². The second kappa shape index (κ2) is 6.43. The first-order valence-electron chi connectivity index (χ1n) is 8.09. The molecule has 0 fully saturated rings. The Morgan fingerprint density at radius 3 is 1.32 bits per heavy atom. The lowest BCUT2D eigenvalue weighted by Crippen LogP contribution is -2.04. The van der Waals surface area contributed by atoms with E-state index < -0.39 is 0 Å². The van der Waals surface area contributed by atoms with Gasteiger partial charge in [0, 0.05) is 17.3 Å². The van der Waals surface area contributed by atoms with Crippen molar-refractivity contribution < 1.29 is 0 Å². The minimum absolute atomic E-state index is 0.330. The Bertz CT molecular complexity index is 599. The average molecular weight is 296 g/mol. The van der Waals surface area contributed by atoms with Crippen LogP contribution in [-0.4, -0.2) is 0 Å². The SMILES string of the molecule is CC(C)c1cc(C(C)c2ccc(N)c(C(C)C)c2)ccc1N. The molecule has 0 unspecified atom stereocenters. The molecular weight excluding hydrogens is 268 g/mol. The van der Waals surface area contributed by atoms with Crippen LogP contribution in [0.15, 0.2) is 36.4 Å². The highest BCUT2D eigenvalue weighted by Crippen LogP contribution is 2.32. The maximum absolute atomic E-state index is 6.10. The molecule has 118 valence electrons. The Balaban J connectivity index is 2.42. The third-order valence-corrected chi connectivity index (χ3v) is 4.47. The van der Waals surface area contributed by atoms with E-state index in [0.29, 0.717) is 17.8 Å². The van der Waals surface area contributed by atoms with Crippen LogP contribution >= 0.6 is 0 Å². The van der Waals surface area contributed by atoms with Crippen molar-refractivity contribution in [2.24, 2.45) is 0 Å². The zero-order valence-electron chi connectivity index (χ0n) is 14.4. The van der Waals surface area contributed by atoms with Crippen molar-refractivity contribution in [3.8, 4) is 0 Å². The predicted molar refractivity (Wildman–Crippen MR) is 97.4 cm³/mol. The Labute approximate surface area is 134 Å². The molecular formula is C20H28N2. The second-order valence-electron chi connectivity index (χ2n) is 6.81. The van der Waals surface area contributed by atoms with Crippen LogP contribution in [0.2, 0.25) is 0 Å². The fourth-order valence-electron chi connectivity index (χ4n) is 2.92. The summed E-state index contributed by atoms with van der Waals surface area (Å²) in [4.78, 5) is 0. The normalized spacial score (nSPS) is 11.6. The summed E-state index contributed by atoms with van der Waals surface area (Å²) >= 11 is 0. The van der Waals surface area contributed by atoms with Gasteiger partial charge in [0.2, 0.25) is 0 Å². The molecule has 0 saturated heterocycles. The average Bonchev–Trinajstić information content (AvgIpc) is 2.47. The highest BCUT2D eigenvalue weighted by atomic mass is 14.6. The largest absolute Gasteiger partial charge is 0.398 e. The molecule has 2 aromatic carbocycles. The van der Waals surface area contributed by atoms with E-state index in [9.17, 15) is 0 Å². The van der Waals surface area contributed by atoms with Crippen LogP contribution in [0.5, 0.6) is 0 Å². The minimum Gasteiger partial charge on any atom is -0.398 e. The van der Waals surface area contributed by atoms with E-state index in [1.54, 1.807) is 0 Å². The standard InChI is InChI=1S/C20H28N2/c1-12(2)17-10-15(6-8-19(17)21)14(5)16-7-9-20(22)18(11-16)13(3)4/h6-14H,21-22H2,1-5H3. The van der Waals surface area contributed by atoms with Crippen molar-refractivity contribution in [2.75, 3.05) is 11.5 Å². The van der Waals surface area contributed by atoms with E-state index >= 15 is 0 Å². The molecule has 0 aliphatic carbocycles. The smallest absolute Gasteiger partial charge is 0.0349 e. The lowest BCUT2D eigenvalue weighted by Gasteiger charge is -2.19. The molecule has 2 nitrogen and oxygen atoms in total. The summed E-state index contributed by atoms with van der Waals surface area (Å²) in [5.74, 6) is 1.20. The Kier molecular flexibility index (Phi) is 4.80. The van der Waals surface area contributed by atoms with Gasteiger partial charge in [-0.15, -0.1) is 0 Å². The molecule has 2 aromatic rings. The van der Waals surface area contributed by atoms with E-state index in [0.717, 1.165) is 11.4 Å². The Hall–Kier alpha value is -1.96. The molecule has 4 N–H and O–H groups in total. The molecule has 2 heteroatoms. The molecule has 0 aliphatic rings. The van der Waals surface area contributed by atoms with Gasteiger partial charge in [-0.3, -0.25) is 0 Å². The number of nitrogen functional groups attached to an aromatic ring is 2. The first-order chi connectivity index (χ1) is 10.3. The molecule has 0 aliphatic heterocycles. The summed E-state index contributed by atoms with van der Waals surface area (Å²) in [6.07, 6.45) is 0. The van der Waals surface area contributed by atoms with E-state index in [4.69, 9.17) is 11.5 Å². The topological polar surface area (TPSA) is 52.0 Å². The summed E-state index contributed by atoms with van der Waals surface area (Å²) in [6.45, 7) is 11.0. The zero-order valence-corrected chi connectivity index (χ0v) is 14.4. The van der Waals surface area contributed by atoms with Crippen LogP contribution < -0.4 is 11.5 Å². The van der Waals surface area contributed by atoms with Crippen molar-refractivity contribution >= 4 is 11.4 Å². The third kappa shape index (κ3) is 3.27. The molecule has 0 atom stereocenters. The molecule has 0 aromatic heterocycles. The van der Waals surface area contributed by atoms with Gasteiger partial charge >= 0.3 is 0 Å². The quantitative estimate of drug-likeness (QED) is 0.757. The van der Waals surface area contributed by atoms with Crippen LogP contribution in [-0.2, 0) is 0 Å². The van der Waals surface area contributed by atoms with Gasteiger partial charge in [0.15, 0.2) is 0 Å². The number of nitrogens with two attached hydrogens (primary N) is 2. The van der Waals surface area contributed by atoms with E-state index in [-0.39, 0.29) is 0 Å². The van der Waals surface area contributed by atoms with Crippen LogP contribution in [0.4, 0.5) is 11.4 Å². The van der Waals surface area contributed by atoms with Crippen LogP contribution in [0, 0.1) is 0 Å². The first-order valence-corrected chi connectivity index (χ1v) is 8.09. The molecule has 0 radical (unpaired) electrons. The first kappa shape index (κ1) is 16.4. The summed E-state index contributed by atoms with van der Waals surface area (Å²) in [5.41, 5.74) is 19.0. The summed E-state index contributed by atoms with van der Waals surface area (Å²) in [5, 5.41) is 0. The highest BCUT2D eigenvalue weighted by molar-refractivity contribution is 5.54. The van der Waals surface area contributed by atoms with Gasteiger partial charge in [-0.2, -0.15) is 0 Å². The minimum atomic E-state index is 0.330. The van der Waals surface area contributed by atoms with Crippen LogP contribution in [0.25, 0.3) is 0 Å². The number of hydrogen-bond acceptors (Lipinski definition) is 2. The fourth-order valence-corrected chi connectivity index (χ4v) is 2.92. The second-order valence-corrected chi connectivity index (χ2v) is 6.81.